The van der Waals surface area contributed by atoms with Gasteiger partial charge in [-0.25, -0.2) is 0 Å². The van der Waals surface area contributed by atoms with Crippen molar-refractivity contribution in [3.8, 4) is 0 Å². The van der Waals surface area contributed by atoms with E-state index in [1.54, 1.807) is 6.92 Å². The lowest BCUT2D eigenvalue weighted by Crippen LogP contribution is -1.86. The molecule has 0 radical (unpaired) electrons. The summed E-state index contributed by atoms with van der Waals surface area (Å²) in [4.78, 5) is 10.5. The molecule has 0 saturated heterocycles. The zero-order valence-corrected chi connectivity index (χ0v) is 7.18. The van der Waals surface area contributed by atoms with E-state index in [-0.39, 0.29) is 5.78 Å². The Morgan fingerprint density at radius 2 is 1.91 bits per heavy atom. The molecule has 11 heavy (non-hydrogen) atoms. The molecule has 0 aromatic heterocycles. The van der Waals surface area contributed by atoms with E-state index in [9.17, 15) is 4.79 Å². The second kappa shape index (κ2) is 7.26. The van der Waals surface area contributed by atoms with Crippen LogP contribution in [0.1, 0.15) is 32.6 Å². The Kier molecular flexibility index (Phi) is 6.70. The smallest absolute Gasteiger partial charge is 0.130 e. The van der Waals surface area contributed by atoms with Crippen molar-refractivity contribution >= 4 is 5.78 Å². The SMILES string of the molecule is C=CCC/C=C/CCC(C)=O. The molecule has 0 N–H and O–H groups in total. The van der Waals surface area contributed by atoms with Crippen LogP contribution in [0.5, 0.6) is 0 Å². The molecule has 0 amide bonds. The summed E-state index contributed by atoms with van der Waals surface area (Å²) in [6, 6.07) is 0. The molecule has 0 aliphatic carbocycles. The first-order valence-electron chi connectivity index (χ1n) is 4.02. The van der Waals surface area contributed by atoms with Crippen LogP contribution in [0.25, 0.3) is 0 Å². The van der Waals surface area contributed by atoms with Crippen molar-refractivity contribution in [2.24, 2.45) is 0 Å². The van der Waals surface area contributed by atoms with Gasteiger partial charge in [0, 0.05) is 6.42 Å². The summed E-state index contributed by atoms with van der Waals surface area (Å²) >= 11 is 0. The van der Waals surface area contributed by atoms with Gasteiger partial charge in [0.25, 0.3) is 0 Å². The van der Waals surface area contributed by atoms with Gasteiger partial charge in [0.05, 0.1) is 0 Å². The fourth-order valence-corrected chi connectivity index (χ4v) is 0.736. The van der Waals surface area contributed by atoms with Gasteiger partial charge in [-0.2, -0.15) is 0 Å². The highest BCUT2D eigenvalue weighted by molar-refractivity contribution is 5.75. The Morgan fingerprint density at radius 3 is 2.45 bits per heavy atom. The zero-order chi connectivity index (χ0) is 8.53. The highest BCUT2D eigenvalue weighted by atomic mass is 16.1. The summed E-state index contributed by atoms with van der Waals surface area (Å²) in [6.45, 7) is 5.24. The van der Waals surface area contributed by atoms with E-state index in [0.717, 1.165) is 19.3 Å². The van der Waals surface area contributed by atoms with E-state index in [1.807, 2.05) is 6.08 Å². The molecule has 0 rings (SSSR count). The van der Waals surface area contributed by atoms with E-state index in [4.69, 9.17) is 0 Å². The van der Waals surface area contributed by atoms with Gasteiger partial charge in [-0.05, 0) is 26.2 Å². The van der Waals surface area contributed by atoms with Crippen molar-refractivity contribution in [1.82, 2.24) is 0 Å². The summed E-state index contributed by atoms with van der Waals surface area (Å²) in [5, 5.41) is 0. The number of hydrogen-bond donors (Lipinski definition) is 0. The van der Waals surface area contributed by atoms with Crippen molar-refractivity contribution in [3.05, 3.63) is 24.8 Å². The topological polar surface area (TPSA) is 17.1 Å². The molecule has 0 aliphatic rings. The fraction of sp³-hybridized carbons (Fsp3) is 0.500. The number of carbonyl (C=O) groups is 1. The quantitative estimate of drug-likeness (QED) is 0.422. The van der Waals surface area contributed by atoms with Crippen LogP contribution in [0.2, 0.25) is 0 Å². The molecule has 1 heteroatoms. The van der Waals surface area contributed by atoms with Gasteiger partial charge in [0.1, 0.15) is 5.78 Å². The maximum Gasteiger partial charge on any atom is 0.130 e. The third kappa shape index (κ3) is 9.15. The van der Waals surface area contributed by atoms with Gasteiger partial charge in [-0.3, -0.25) is 0 Å². The second-order valence-electron chi connectivity index (χ2n) is 2.58. The van der Waals surface area contributed by atoms with Gasteiger partial charge in [0.2, 0.25) is 0 Å². The average molecular weight is 152 g/mol. The van der Waals surface area contributed by atoms with E-state index < -0.39 is 0 Å². The molecule has 0 fully saturated rings. The second-order valence-corrected chi connectivity index (χ2v) is 2.58. The average Bonchev–Trinajstić information content (AvgIpc) is 1.96. The molecule has 0 aliphatic heterocycles. The molecule has 0 atom stereocenters. The Hall–Kier alpha value is -0.850. The summed E-state index contributed by atoms with van der Waals surface area (Å²) in [7, 11) is 0. The molecule has 0 unspecified atom stereocenters. The number of rotatable bonds is 6. The van der Waals surface area contributed by atoms with Crippen LogP contribution in [0, 0.1) is 0 Å². The number of unbranched alkanes of at least 4 members (excludes halogenated alkanes) is 1. The first-order valence-corrected chi connectivity index (χ1v) is 4.02. The maximum absolute atomic E-state index is 10.5. The number of hydrogen-bond acceptors (Lipinski definition) is 1. The first-order chi connectivity index (χ1) is 5.27. The van der Waals surface area contributed by atoms with Crippen LogP contribution >= 0.6 is 0 Å². The highest BCUT2D eigenvalue weighted by Crippen LogP contribution is 1.96. The summed E-state index contributed by atoms with van der Waals surface area (Å²) in [5.74, 6) is 0.262. The van der Waals surface area contributed by atoms with Gasteiger partial charge < -0.3 is 4.79 Å². The number of allylic oxidation sites excluding steroid dienone is 3. The lowest BCUT2D eigenvalue weighted by molar-refractivity contribution is -0.116. The van der Waals surface area contributed by atoms with Crippen molar-refractivity contribution in [2.75, 3.05) is 0 Å². The first kappa shape index (κ1) is 10.2. The maximum atomic E-state index is 10.5. The van der Waals surface area contributed by atoms with E-state index in [0.29, 0.717) is 6.42 Å². The molecule has 62 valence electrons. The highest BCUT2D eigenvalue weighted by Gasteiger charge is 1.87. The minimum atomic E-state index is 0.262. The zero-order valence-electron chi connectivity index (χ0n) is 7.18. The van der Waals surface area contributed by atoms with Crippen LogP contribution in [-0.2, 0) is 4.79 Å². The fourth-order valence-electron chi connectivity index (χ4n) is 0.736. The molecule has 0 saturated carbocycles. The monoisotopic (exact) mass is 152 g/mol. The van der Waals surface area contributed by atoms with Crippen LogP contribution in [-0.4, -0.2) is 5.78 Å². The molecule has 1 nitrogen and oxygen atoms in total. The number of Topliss-reactive ketones (excluding diaryl/α,β-unsaturated/α-hetero) is 1. The number of carbonyl (C=O) groups excluding carboxylic acids is 1. The minimum Gasteiger partial charge on any atom is -0.300 e. The Bertz CT molecular complexity index is 145. The predicted molar refractivity (Wildman–Crippen MR) is 48.5 cm³/mol. The molecule has 0 heterocycles. The largest absolute Gasteiger partial charge is 0.300 e. The van der Waals surface area contributed by atoms with Crippen LogP contribution in [0.3, 0.4) is 0 Å². The third-order valence-electron chi connectivity index (χ3n) is 1.37. The number of ketones is 1. The lowest BCUT2D eigenvalue weighted by atomic mass is 10.2. The third-order valence-corrected chi connectivity index (χ3v) is 1.37. The van der Waals surface area contributed by atoms with Crippen molar-refractivity contribution in [2.45, 2.75) is 32.6 Å². The minimum absolute atomic E-state index is 0.262. The Balaban J connectivity index is 3.16. The van der Waals surface area contributed by atoms with E-state index in [2.05, 4.69) is 18.7 Å². The normalized spacial score (nSPS) is 10.3. The molecular formula is C10H16O. The lowest BCUT2D eigenvalue weighted by Gasteiger charge is -1.88. The summed E-state index contributed by atoms with van der Waals surface area (Å²) in [6.07, 6.45) is 9.68. The molecule has 0 bridgehead atoms. The molecular weight excluding hydrogens is 136 g/mol. The van der Waals surface area contributed by atoms with Crippen LogP contribution in [0.15, 0.2) is 24.8 Å². The van der Waals surface area contributed by atoms with Crippen LogP contribution in [0.4, 0.5) is 0 Å². The molecule has 0 aromatic carbocycles. The van der Waals surface area contributed by atoms with Crippen molar-refractivity contribution in [3.63, 3.8) is 0 Å². The molecule has 0 aromatic rings. The Morgan fingerprint density at radius 1 is 1.27 bits per heavy atom. The summed E-state index contributed by atoms with van der Waals surface area (Å²) in [5.41, 5.74) is 0. The van der Waals surface area contributed by atoms with Gasteiger partial charge in [-0.15, -0.1) is 6.58 Å². The van der Waals surface area contributed by atoms with Gasteiger partial charge in [0.15, 0.2) is 0 Å². The molecule has 0 spiro atoms. The predicted octanol–water partition coefficient (Wildman–Crippen LogP) is 2.88. The summed E-state index contributed by atoms with van der Waals surface area (Å²) < 4.78 is 0. The van der Waals surface area contributed by atoms with Gasteiger partial charge in [-0.1, -0.05) is 18.2 Å². The van der Waals surface area contributed by atoms with Crippen LogP contribution < -0.4 is 0 Å². The van der Waals surface area contributed by atoms with Crippen molar-refractivity contribution < 1.29 is 4.79 Å². The van der Waals surface area contributed by atoms with Gasteiger partial charge >= 0.3 is 0 Å². The standard InChI is InChI=1S/C10H16O/c1-3-4-5-6-7-8-9-10(2)11/h3,6-7H,1,4-5,8-9H2,2H3/b7-6+. The van der Waals surface area contributed by atoms with E-state index >= 15 is 0 Å². The van der Waals surface area contributed by atoms with E-state index in [1.165, 1.54) is 0 Å². The Labute approximate surface area is 68.8 Å². The van der Waals surface area contributed by atoms with Crippen molar-refractivity contribution in [1.29, 1.82) is 0 Å².